The summed E-state index contributed by atoms with van der Waals surface area (Å²) in [5.74, 6) is -0.594. The highest BCUT2D eigenvalue weighted by molar-refractivity contribution is 6.00. The Labute approximate surface area is 407 Å². The lowest BCUT2D eigenvalue weighted by Crippen LogP contribution is -2.46. The number of dihydropyridines is 1. The first-order chi connectivity index (χ1) is 33.4. The van der Waals surface area contributed by atoms with Gasteiger partial charge in [-0.05, 0) is 82.5 Å². The number of hydrogen-bond donors (Lipinski definition) is 1. The Morgan fingerprint density at radius 2 is 1.07 bits per heavy atom. The number of hydrogen-bond acceptors (Lipinski definition) is 12. The number of non-ortho nitro benzene ring substituents is 1. The second-order valence-electron chi connectivity index (χ2n) is 17.8. The van der Waals surface area contributed by atoms with E-state index < -0.39 is 28.9 Å². The van der Waals surface area contributed by atoms with Gasteiger partial charge in [0.1, 0.15) is 31.3 Å². The van der Waals surface area contributed by atoms with Gasteiger partial charge in [-0.25, -0.2) is 9.59 Å². The number of nitrogens with zero attached hydrogens (tertiary/aromatic N) is 4. The number of nitrogens with one attached hydrogen (secondary N) is 1. The van der Waals surface area contributed by atoms with Gasteiger partial charge in [-0.3, -0.25) is 24.8 Å². The van der Waals surface area contributed by atoms with Gasteiger partial charge in [0.2, 0.25) is 0 Å². The van der Waals surface area contributed by atoms with Crippen molar-refractivity contribution in [1.82, 2.24) is 20.0 Å². The molecule has 364 valence electrons. The molecule has 0 saturated heterocycles. The summed E-state index contributed by atoms with van der Waals surface area (Å²) in [6.07, 6.45) is -0.442. The summed E-state index contributed by atoms with van der Waals surface area (Å²) in [6, 6.07) is 46.6. The summed E-state index contributed by atoms with van der Waals surface area (Å²) in [5, 5.41) is 15.1. The molecule has 3 unspecified atom stereocenters. The number of benzene rings is 5. The van der Waals surface area contributed by atoms with E-state index >= 15 is 0 Å². The first kappa shape index (κ1) is 51.6. The van der Waals surface area contributed by atoms with Crippen LogP contribution in [-0.2, 0) is 32.2 Å². The molecule has 13 nitrogen and oxygen atoms in total. The Kier molecular flexibility index (Phi) is 19.5. The summed E-state index contributed by atoms with van der Waals surface area (Å²) >= 11 is 0. The van der Waals surface area contributed by atoms with Crippen LogP contribution in [0, 0.1) is 10.1 Å². The monoisotopic (exact) mass is 937 g/mol. The lowest BCUT2D eigenvalue weighted by atomic mass is 9.80. The molecule has 0 aromatic heterocycles. The quantitative estimate of drug-likeness (QED) is 0.0321. The Morgan fingerprint density at radius 1 is 0.609 bits per heavy atom. The molecule has 0 spiro atoms. The molecule has 1 N–H and O–H groups in total. The Hall–Kier alpha value is -6.80. The van der Waals surface area contributed by atoms with Crippen molar-refractivity contribution in [2.24, 2.45) is 0 Å². The molecule has 0 fully saturated rings. The zero-order valence-electron chi connectivity index (χ0n) is 40.8. The average molecular weight is 938 g/mol. The first-order valence-electron chi connectivity index (χ1n) is 23.8. The summed E-state index contributed by atoms with van der Waals surface area (Å²) < 4.78 is 24.4. The van der Waals surface area contributed by atoms with Crippen molar-refractivity contribution in [1.29, 1.82) is 0 Å². The molecule has 0 amide bonds. The maximum Gasteiger partial charge on any atom is 0.337 e. The standard InChI is InChI=1S/C56H67N5O8/c1-41(2)69-56(63)53-45(6)57-44(5)52(54(53)48-24-19-25-49(36-48)61(64)65)55(62)66-35-34-58(30-32-59(37-46-20-11-7-12-21-46)42(3)39-67-50-26-15-9-16-27-50)31-33-60(38-47-22-13-8-14-23-47)43(4)40-68-51-28-17-10-18-29-51/h7-29,36,41-43,54,57H,30-35,37-40H2,1-6H3. The highest BCUT2D eigenvalue weighted by atomic mass is 16.6. The number of carbonyl (C=O) groups excluding carboxylic acids is 2. The molecule has 1 aliphatic rings. The van der Waals surface area contributed by atoms with Crippen LogP contribution in [0.1, 0.15) is 64.2 Å². The molecule has 5 aromatic carbocycles. The Balaban J connectivity index is 1.25. The second-order valence-corrected chi connectivity index (χ2v) is 17.8. The molecule has 0 aliphatic carbocycles. The van der Waals surface area contributed by atoms with Crippen LogP contribution < -0.4 is 14.8 Å². The van der Waals surface area contributed by atoms with Crippen LogP contribution in [0.25, 0.3) is 0 Å². The molecular formula is C56H67N5O8. The number of nitro groups is 1. The average Bonchev–Trinajstić information content (AvgIpc) is 3.35. The van der Waals surface area contributed by atoms with Gasteiger partial charge in [0.25, 0.3) is 5.69 Å². The van der Waals surface area contributed by atoms with Crippen molar-refractivity contribution in [3.63, 3.8) is 0 Å². The fourth-order valence-electron chi connectivity index (χ4n) is 8.41. The van der Waals surface area contributed by atoms with E-state index in [1.807, 2.05) is 72.8 Å². The van der Waals surface area contributed by atoms with Crippen molar-refractivity contribution in [3.05, 3.63) is 195 Å². The smallest absolute Gasteiger partial charge is 0.337 e. The van der Waals surface area contributed by atoms with E-state index in [2.05, 4.69) is 82.4 Å². The van der Waals surface area contributed by atoms with Crippen LogP contribution in [0.5, 0.6) is 11.5 Å². The maximum absolute atomic E-state index is 14.5. The number of carbonyl (C=O) groups is 2. The van der Waals surface area contributed by atoms with E-state index in [0.29, 0.717) is 76.0 Å². The molecule has 5 aromatic rings. The van der Waals surface area contributed by atoms with Gasteiger partial charge in [-0.2, -0.15) is 0 Å². The third-order valence-corrected chi connectivity index (χ3v) is 12.2. The number of allylic oxidation sites excluding steroid dienone is 2. The predicted molar refractivity (Wildman–Crippen MR) is 270 cm³/mol. The van der Waals surface area contributed by atoms with E-state index in [1.54, 1.807) is 39.8 Å². The highest BCUT2D eigenvalue weighted by Crippen LogP contribution is 2.40. The number of para-hydroxylation sites is 2. The van der Waals surface area contributed by atoms with E-state index in [1.165, 1.54) is 23.3 Å². The number of rotatable bonds is 26. The minimum atomic E-state index is -0.974. The van der Waals surface area contributed by atoms with Gasteiger partial charge in [-0.15, -0.1) is 0 Å². The van der Waals surface area contributed by atoms with Crippen LogP contribution in [0.15, 0.2) is 168 Å². The van der Waals surface area contributed by atoms with Crippen LogP contribution in [-0.4, -0.2) is 102 Å². The Morgan fingerprint density at radius 3 is 1.54 bits per heavy atom. The SMILES string of the molecule is CC1=C(C(=O)OCCN(CCN(Cc2ccccc2)C(C)COc2ccccc2)CCN(Cc2ccccc2)C(C)COc2ccccc2)C(c2cccc([N+](=O)[O-])c2)C(C(=O)OC(C)C)=C(C)N1. The van der Waals surface area contributed by atoms with Crippen LogP contribution >= 0.6 is 0 Å². The third kappa shape index (κ3) is 15.6. The summed E-state index contributed by atoms with van der Waals surface area (Å²) in [6.45, 7) is 16.9. The molecular weight excluding hydrogens is 871 g/mol. The number of nitro benzene ring substituents is 1. The normalized spacial score (nSPS) is 14.7. The third-order valence-electron chi connectivity index (χ3n) is 12.2. The maximum atomic E-state index is 14.5. The van der Waals surface area contributed by atoms with E-state index in [-0.39, 0.29) is 35.5 Å². The molecule has 69 heavy (non-hydrogen) atoms. The minimum absolute atomic E-state index is 0.0441. The second kappa shape index (κ2) is 26.1. The van der Waals surface area contributed by atoms with Crippen molar-refractivity contribution < 1.29 is 33.5 Å². The van der Waals surface area contributed by atoms with E-state index in [4.69, 9.17) is 18.9 Å². The lowest BCUT2D eigenvalue weighted by Gasteiger charge is -2.34. The van der Waals surface area contributed by atoms with E-state index in [0.717, 1.165) is 11.5 Å². The summed E-state index contributed by atoms with van der Waals surface area (Å²) in [5.41, 5.74) is 3.97. The summed E-state index contributed by atoms with van der Waals surface area (Å²) in [7, 11) is 0. The zero-order valence-corrected chi connectivity index (χ0v) is 40.8. The van der Waals surface area contributed by atoms with Gasteiger partial charge in [0.05, 0.1) is 28.1 Å². The van der Waals surface area contributed by atoms with Gasteiger partial charge < -0.3 is 24.3 Å². The molecule has 0 saturated carbocycles. The predicted octanol–water partition coefficient (Wildman–Crippen LogP) is 9.57. The van der Waals surface area contributed by atoms with Crippen LogP contribution in [0.3, 0.4) is 0 Å². The van der Waals surface area contributed by atoms with E-state index in [9.17, 15) is 19.7 Å². The molecule has 1 heterocycles. The Bertz CT molecular complexity index is 2370. The lowest BCUT2D eigenvalue weighted by molar-refractivity contribution is -0.384. The first-order valence-corrected chi connectivity index (χ1v) is 23.8. The molecule has 1 aliphatic heterocycles. The van der Waals surface area contributed by atoms with Gasteiger partial charge in [0, 0.05) is 81.4 Å². The number of ether oxygens (including phenoxy) is 4. The minimum Gasteiger partial charge on any atom is -0.492 e. The van der Waals surface area contributed by atoms with Crippen molar-refractivity contribution >= 4 is 17.6 Å². The van der Waals surface area contributed by atoms with Gasteiger partial charge >= 0.3 is 11.9 Å². The van der Waals surface area contributed by atoms with Crippen molar-refractivity contribution in [3.8, 4) is 11.5 Å². The van der Waals surface area contributed by atoms with Gasteiger partial charge in [0.15, 0.2) is 0 Å². The van der Waals surface area contributed by atoms with Gasteiger partial charge in [-0.1, -0.05) is 109 Å². The molecule has 0 bridgehead atoms. The fourth-order valence-corrected chi connectivity index (χ4v) is 8.41. The number of esters is 2. The molecule has 0 radical (unpaired) electrons. The molecule has 3 atom stereocenters. The fraction of sp³-hybridized carbons (Fsp3) is 0.357. The van der Waals surface area contributed by atoms with Crippen LogP contribution in [0.2, 0.25) is 0 Å². The zero-order chi connectivity index (χ0) is 49.1. The topological polar surface area (TPSA) is 136 Å². The highest BCUT2D eigenvalue weighted by Gasteiger charge is 2.39. The molecule has 6 rings (SSSR count). The summed E-state index contributed by atoms with van der Waals surface area (Å²) in [4.78, 5) is 46.9. The molecule has 13 heteroatoms. The van der Waals surface area contributed by atoms with Crippen LogP contribution in [0.4, 0.5) is 5.69 Å². The largest absolute Gasteiger partial charge is 0.492 e. The van der Waals surface area contributed by atoms with Crippen molar-refractivity contribution in [2.75, 3.05) is 52.5 Å². The van der Waals surface area contributed by atoms with Crippen molar-refractivity contribution in [2.45, 2.75) is 78.7 Å².